The lowest BCUT2D eigenvalue weighted by atomic mass is 10.2. The number of anilines is 1. The molecule has 0 bridgehead atoms. The molecule has 1 atom stereocenters. The molecule has 0 spiro atoms. The maximum absolute atomic E-state index is 12.1. The van der Waals surface area contributed by atoms with Gasteiger partial charge in [0.2, 0.25) is 0 Å². The second-order valence-corrected chi connectivity index (χ2v) is 4.59. The minimum atomic E-state index is -1.16. The number of benzene rings is 1. The van der Waals surface area contributed by atoms with Crippen LogP contribution in [0.15, 0.2) is 18.2 Å². The van der Waals surface area contributed by atoms with E-state index in [9.17, 15) is 14.7 Å². The molecule has 1 aliphatic heterocycles. The Morgan fingerprint density at radius 3 is 2.81 bits per heavy atom. The molecule has 21 heavy (non-hydrogen) atoms. The summed E-state index contributed by atoms with van der Waals surface area (Å²) in [4.78, 5) is 24.3. The molecule has 0 saturated carbocycles. The van der Waals surface area contributed by atoms with Gasteiger partial charge in [0, 0.05) is 6.54 Å². The van der Waals surface area contributed by atoms with Gasteiger partial charge in [0.25, 0.3) is 0 Å². The van der Waals surface area contributed by atoms with Gasteiger partial charge in [-0.25, -0.2) is 9.59 Å². The zero-order chi connectivity index (χ0) is 15.4. The first kappa shape index (κ1) is 15.1. The fourth-order valence-corrected chi connectivity index (χ4v) is 1.98. The van der Waals surface area contributed by atoms with Crippen LogP contribution in [0.3, 0.4) is 0 Å². The quantitative estimate of drug-likeness (QED) is 0.596. The van der Waals surface area contributed by atoms with Gasteiger partial charge in [0.15, 0.2) is 0 Å². The monoisotopic (exact) mass is 296 g/mol. The molecule has 1 unspecified atom stereocenters. The van der Waals surface area contributed by atoms with Gasteiger partial charge in [-0.15, -0.1) is 0 Å². The van der Waals surface area contributed by atoms with Crippen LogP contribution in [0.1, 0.15) is 10.4 Å². The summed E-state index contributed by atoms with van der Waals surface area (Å²) in [5.41, 5.74) is 0.0502. The van der Waals surface area contributed by atoms with Crippen molar-refractivity contribution in [2.45, 2.75) is 6.10 Å². The zero-order valence-corrected chi connectivity index (χ0v) is 11.2. The predicted octanol–water partition coefficient (Wildman–Crippen LogP) is 0.315. The molecule has 1 heterocycles. The molecule has 114 valence electrons. The smallest absolute Gasteiger partial charge is 0.335 e. The maximum Gasteiger partial charge on any atom is 0.335 e. The Labute approximate surface area is 120 Å². The second-order valence-electron chi connectivity index (χ2n) is 4.59. The Morgan fingerprint density at radius 1 is 1.43 bits per heavy atom. The number of hydrogen-bond acceptors (Lipinski definition) is 5. The standard InChI is InChI=1S/C13H16N2O6/c16-7-9-6-15(3-4-21-9)13(20)14-10-2-1-8(12(18)19)5-11(10)17/h1-2,5,9,16-17H,3-4,6-7H2,(H,14,20)(H,18,19). The SMILES string of the molecule is O=C(O)c1ccc(NC(=O)N2CCOC(CO)C2)c(O)c1. The van der Waals surface area contributed by atoms with Gasteiger partial charge in [0.1, 0.15) is 5.75 Å². The molecule has 0 radical (unpaired) electrons. The summed E-state index contributed by atoms with van der Waals surface area (Å²) in [5.74, 6) is -1.49. The Balaban J connectivity index is 2.04. The van der Waals surface area contributed by atoms with Crippen LogP contribution in [-0.2, 0) is 4.74 Å². The minimum Gasteiger partial charge on any atom is -0.506 e. The lowest BCUT2D eigenvalue weighted by Gasteiger charge is -2.32. The number of carbonyl (C=O) groups is 2. The van der Waals surface area contributed by atoms with Crippen molar-refractivity contribution >= 4 is 17.7 Å². The summed E-state index contributed by atoms with van der Waals surface area (Å²) in [7, 11) is 0. The molecule has 0 aromatic heterocycles. The fraction of sp³-hybridized carbons (Fsp3) is 0.385. The van der Waals surface area contributed by atoms with Gasteiger partial charge in [0.05, 0.1) is 37.1 Å². The molecular formula is C13H16N2O6. The molecule has 1 aromatic carbocycles. The molecule has 8 nitrogen and oxygen atoms in total. The van der Waals surface area contributed by atoms with E-state index in [1.807, 2.05) is 0 Å². The van der Waals surface area contributed by atoms with Crippen LogP contribution >= 0.6 is 0 Å². The lowest BCUT2D eigenvalue weighted by molar-refractivity contribution is -0.0388. The zero-order valence-electron chi connectivity index (χ0n) is 11.2. The third kappa shape index (κ3) is 3.61. The highest BCUT2D eigenvalue weighted by molar-refractivity contribution is 5.93. The Bertz CT molecular complexity index is 547. The number of aromatic hydroxyl groups is 1. The number of carbonyl (C=O) groups excluding carboxylic acids is 1. The highest BCUT2D eigenvalue weighted by atomic mass is 16.5. The van der Waals surface area contributed by atoms with Crippen LogP contribution in [0, 0.1) is 0 Å². The number of aliphatic hydroxyl groups excluding tert-OH is 1. The van der Waals surface area contributed by atoms with Gasteiger partial charge >= 0.3 is 12.0 Å². The summed E-state index contributed by atoms with van der Waals surface area (Å²) in [6, 6.07) is 3.22. The summed E-state index contributed by atoms with van der Waals surface area (Å²) >= 11 is 0. The van der Waals surface area contributed by atoms with E-state index in [0.717, 1.165) is 6.07 Å². The molecule has 2 amide bonds. The predicted molar refractivity (Wildman–Crippen MR) is 72.5 cm³/mol. The molecular weight excluding hydrogens is 280 g/mol. The summed E-state index contributed by atoms with van der Waals surface area (Å²) in [6.45, 7) is 0.761. The number of phenolic OH excluding ortho intramolecular Hbond substituents is 1. The minimum absolute atomic E-state index is 0.0720. The third-order valence-corrected chi connectivity index (χ3v) is 3.12. The molecule has 1 fully saturated rings. The number of aliphatic hydroxyl groups is 1. The van der Waals surface area contributed by atoms with Crippen LogP contribution in [-0.4, -0.2) is 64.6 Å². The van der Waals surface area contributed by atoms with Crippen molar-refractivity contribution in [3.8, 4) is 5.75 Å². The first-order valence-corrected chi connectivity index (χ1v) is 6.36. The lowest BCUT2D eigenvalue weighted by Crippen LogP contribution is -2.48. The molecule has 4 N–H and O–H groups in total. The summed E-state index contributed by atoms with van der Waals surface area (Å²) < 4.78 is 5.24. The van der Waals surface area contributed by atoms with Crippen molar-refractivity contribution in [1.29, 1.82) is 0 Å². The maximum atomic E-state index is 12.1. The van der Waals surface area contributed by atoms with E-state index in [1.54, 1.807) is 0 Å². The largest absolute Gasteiger partial charge is 0.506 e. The number of phenols is 1. The van der Waals surface area contributed by atoms with Crippen LogP contribution < -0.4 is 5.32 Å². The van der Waals surface area contributed by atoms with E-state index >= 15 is 0 Å². The van der Waals surface area contributed by atoms with E-state index in [-0.39, 0.29) is 30.2 Å². The van der Waals surface area contributed by atoms with Crippen molar-refractivity contribution in [2.75, 3.05) is 31.6 Å². The molecule has 1 aliphatic rings. The van der Waals surface area contributed by atoms with Crippen LogP contribution in [0.4, 0.5) is 10.5 Å². The van der Waals surface area contributed by atoms with E-state index in [2.05, 4.69) is 5.32 Å². The number of ether oxygens (including phenoxy) is 1. The fourth-order valence-electron chi connectivity index (χ4n) is 1.98. The third-order valence-electron chi connectivity index (χ3n) is 3.12. The van der Waals surface area contributed by atoms with Gasteiger partial charge < -0.3 is 30.3 Å². The average molecular weight is 296 g/mol. The summed E-state index contributed by atoms with van der Waals surface area (Å²) in [6.07, 6.45) is -0.424. The van der Waals surface area contributed by atoms with Gasteiger partial charge in [-0.1, -0.05) is 0 Å². The van der Waals surface area contributed by atoms with Crippen LogP contribution in [0.5, 0.6) is 5.75 Å². The number of carboxylic acids is 1. The van der Waals surface area contributed by atoms with Crippen LogP contribution in [0.2, 0.25) is 0 Å². The number of nitrogens with one attached hydrogen (secondary N) is 1. The molecule has 8 heteroatoms. The number of rotatable bonds is 3. The van der Waals surface area contributed by atoms with E-state index < -0.39 is 18.1 Å². The Kier molecular flexibility index (Phi) is 4.61. The van der Waals surface area contributed by atoms with Crippen molar-refractivity contribution in [2.24, 2.45) is 0 Å². The molecule has 1 aromatic rings. The Morgan fingerprint density at radius 2 is 2.19 bits per heavy atom. The van der Waals surface area contributed by atoms with Crippen molar-refractivity contribution in [3.05, 3.63) is 23.8 Å². The number of amides is 2. The topological polar surface area (TPSA) is 119 Å². The number of nitrogens with zero attached hydrogens (tertiary/aromatic N) is 1. The number of aromatic carboxylic acids is 1. The Hall–Kier alpha value is -2.32. The first-order chi connectivity index (χ1) is 10.0. The molecule has 0 aliphatic carbocycles. The second kappa shape index (κ2) is 6.42. The van der Waals surface area contributed by atoms with Crippen LogP contribution in [0.25, 0.3) is 0 Å². The van der Waals surface area contributed by atoms with Crippen molar-refractivity contribution in [1.82, 2.24) is 4.90 Å². The van der Waals surface area contributed by atoms with Gasteiger partial charge in [-0.2, -0.15) is 0 Å². The molecule has 2 rings (SSSR count). The molecule has 1 saturated heterocycles. The highest BCUT2D eigenvalue weighted by Gasteiger charge is 2.24. The van der Waals surface area contributed by atoms with Crippen molar-refractivity contribution < 1.29 is 29.6 Å². The average Bonchev–Trinajstić information content (AvgIpc) is 2.49. The van der Waals surface area contributed by atoms with Crippen molar-refractivity contribution in [3.63, 3.8) is 0 Å². The number of urea groups is 1. The first-order valence-electron chi connectivity index (χ1n) is 6.36. The van der Waals surface area contributed by atoms with Gasteiger partial charge in [-0.3, -0.25) is 0 Å². The van der Waals surface area contributed by atoms with E-state index in [0.29, 0.717) is 13.2 Å². The number of hydrogen-bond donors (Lipinski definition) is 4. The number of carboxylic acid groups (broad SMARTS) is 1. The van der Waals surface area contributed by atoms with E-state index in [4.69, 9.17) is 14.9 Å². The highest BCUT2D eigenvalue weighted by Crippen LogP contribution is 2.24. The summed E-state index contributed by atoms with van der Waals surface area (Å²) in [5, 5.41) is 30.0. The van der Waals surface area contributed by atoms with Gasteiger partial charge in [-0.05, 0) is 18.2 Å². The normalized spacial score (nSPS) is 18.3. The number of morpholine rings is 1. The van der Waals surface area contributed by atoms with E-state index in [1.165, 1.54) is 17.0 Å².